The summed E-state index contributed by atoms with van der Waals surface area (Å²) in [5.74, 6) is 0.0883. The highest BCUT2D eigenvalue weighted by Gasteiger charge is 2.34. The average Bonchev–Trinajstić information content (AvgIpc) is 3.28. The van der Waals surface area contributed by atoms with Crippen molar-refractivity contribution >= 4 is 5.91 Å². The van der Waals surface area contributed by atoms with E-state index in [9.17, 15) is 10.1 Å². The first-order valence-corrected chi connectivity index (χ1v) is 8.42. The number of nitrogens with zero attached hydrogens (tertiary/aromatic N) is 3. The van der Waals surface area contributed by atoms with E-state index < -0.39 is 0 Å². The highest BCUT2D eigenvalue weighted by atomic mass is 16.2. The molecule has 2 aliphatic rings. The van der Waals surface area contributed by atoms with Gasteiger partial charge in [0.05, 0.1) is 12.6 Å². The fraction of sp³-hybridized carbons (Fsp3) is 0.300. The van der Waals surface area contributed by atoms with E-state index in [2.05, 4.69) is 18.3 Å². The molecule has 0 spiro atoms. The van der Waals surface area contributed by atoms with Gasteiger partial charge in [-0.25, -0.2) is 0 Å². The van der Waals surface area contributed by atoms with Crippen LogP contribution < -0.4 is 0 Å². The van der Waals surface area contributed by atoms with Crippen LogP contribution in [0.15, 0.2) is 48.5 Å². The first kappa shape index (κ1) is 14.8. The number of hydrogen-bond acceptors (Lipinski definition) is 3. The van der Waals surface area contributed by atoms with E-state index in [-0.39, 0.29) is 11.9 Å². The molecule has 0 radical (unpaired) electrons. The van der Waals surface area contributed by atoms with Crippen molar-refractivity contribution in [2.45, 2.75) is 25.4 Å². The summed E-state index contributed by atoms with van der Waals surface area (Å²) in [5.41, 5.74) is 3.94. The van der Waals surface area contributed by atoms with Gasteiger partial charge in [0.15, 0.2) is 6.19 Å². The highest BCUT2D eigenvalue weighted by molar-refractivity contribution is 5.96. The summed E-state index contributed by atoms with van der Waals surface area (Å²) in [6, 6.07) is 15.7. The summed E-state index contributed by atoms with van der Waals surface area (Å²) >= 11 is 0. The minimum Gasteiger partial charge on any atom is -0.339 e. The maximum absolute atomic E-state index is 13.0. The molecule has 2 aromatic rings. The predicted octanol–water partition coefficient (Wildman–Crippen LogP) is 3.31. The third kappa shape index (κ3) is 2.33. The van der Waals surface area contributed by atoms with E-state index in [0.29, 0.717) is 6.54 Å². The van der Waals surface area contributed by atoms with Gasteiger partial charge in [-0.15, -0.1) is 0 Å². The Morgan fingerprint density at radius 3 is 2.42 bits per heavy atom. The molecule has 2 heterocycles. The van der Waals surface area contributed by atoms with Gasteiger partial charge < -0.3 is 4.90 Å². The summed E-state index contributed by atoms with van der Waals surface area (Å²) in [6.07, 6.45) is 4.45. The predicted molar refractivity (Wildman–Crippen MR) is 91.0 cm³/mol. The Morgan fingerprint density at radius 1 is 1.00 bits per heavy atom. The molecule has 0 bridgehead atoms. The minimum atomic E-state index is -0.172. The van der Waals surface area contributed by atoms with Crippen LogP contribution in [-0.4, -0.2) is 28.8 Å². The zero-order valence-electron chi connectivity index (χ0n) is 13.5. The van der Waals surface area contributed by atoms with Gasteiger partial charge in [0.1, 0.15) is 0 Å². The molecule has 0 aliphatic carbocycles. The van der Waals surface area contributed by atoms with Crippen LogP contribution in [0.25, 0.3) is 0 Å². The number of likely N-dealkylation sites (tertiary alicyclic amines) is 1. The average molecular weight is 317 g/mol. The molecule has 1 amide bonds. The molecule has 0 aromatic heterocycles. The molecular weight excluding hydrogens is 298 g/mol. The number of carbonyl (C=O) groups is 1. The zero-order chi connectivity index (χ0) is 16.5. The van der Waals surface area contributed by atoms with Crippen molar-refractivity contribution in [3.63, 3.8) is 0 Å². The topological polar surface area (TPSA) is 47.3 Å². The van der Waals surface area contributed by atoms with E-state index in [4.69, 9.17) is 0 Å². The SMILES string of the molecule is N#CN1Cc2ccccc2C1c1ccccc1C(=O)N1CCCC1. The maximum Gasteiger partial charge on any atom is 0.254 e. The number of amides is 1. The lowest BCUT2D eigenvalue weighted by atomic mass is 9.93. The molecule has 120 valence electrons. The number of benzene rings is 2. The largest absolute Gasteiger partial charge is 0.339 e. The lowest BCUT2D eigenvalue weighted by Crippen LogP contribution is -2.30. The molecule has 1 saturated heterocycles. The van der Waals surface area contributed by atoms with E-state index in [1.54, 1.807) is 4.90 Å². The van der Waals surface area contributed by atoms with Gasteiger partial charge in [-0.1, -0.05) is 42.5 Å². The van der Waals surface area contributed by atoms with Crippen molar-refractivity contribution in [3.8, 4) is 6.19 Å². The third-order valence-electron chi connectivity index (χ3n) is 5.01. The van der Waals surface area contributed by atoms with Gasteiger partial charge in [-0.05, 0) is 35.6 Å². The van der Waals surface area contributed by atoms with E-state index >= 15 is 0 Å². The summed E-state index contributed by atoms with van der Waals surface area (Å²) in [4.78, 5) is 16.6. The third-order valence-corrected chi connectivity index (χ3v) is 5.01. The molecule has 24 heavy (non-hydrogen) atoms. The molecule has 4 rings (SSSR count). The Hall–Kier alpha value is -2.80. The van der Waals surface area contributed by atoms with Crippen molar-refractivity contribution in [1.29, 1.82) is 5.26 Å². The van der Waals surface area contributed by atoms with Gasteiger partial charge in [0.25, 0.3) is 5.91 Å². The number of fused-ring (bicyclic) bond motifs is 1. The van der Waals surface area contributed by atoms with Crippen molar-refractivity contribution < 1.29 is 4.79 Å². The van der Waals surface area contributed by atoms with Crippen LogP contribution in [0, 0.1) is 11.5 Å². The van der Waals surface area contributed by atoms with Gasteiger partial charge in [-0.2, -0.15) is 5.26 Å². The van der Waals surface area contributed by atoms with Crippen LogP contribution in [0.5, 0.6) is 0 Å². The Labute approximate surface area is 141 Å². The second kappa shape index (κ2) is 6.01. The molecule has 0 N–H and O–H groups in total. The monoisotopic (exact) mass is 317 g/mol. The van der Waals surface area contributed by atoms with Crippen LogP contribution in [0.2, 0.25) is 0 Å². The highest BCUT2D eigenvalue weighted by Crippen LogP contribution is 2.39. The van der Waals surface area contributed by atoms with Crippen molar-refractivity contribution in [2.75, 3.05) is 13.1 Å². The second-order valence-electron chi connectivity index (χ2n) is 6.42. The summed E-state index contributed by atoms with van der Waals surface area (Å²) in [5, 5.41) is 9.59. The Morgan fingerprint density at radius 2 is 1.67 bits per heavy atom. The quantitative estimate of drug-likeness (QED) is 0.798. The van der Waals surface area contributed by atoms with Crippen LogP contribution in [0.3, 0.4) is 0 Å². The van der Waals surface area contributed by atoms with Gasteiger partial charge in [0, 0.05) is 18.7 Å². The summed E-state index contributed by atoms with van der Waals surface area (Å²) < 4.78 is 0. The minimum absolute atomic E-state index is 0.0883. The van der Waals surface area contributed by atoms with Crippen LogP contribution in [0.4, 0.5) is 0 Å². The Bertz CT molecular complexity index is 818. The summed E-state index contributed by atoms with van der Waals surface area (Å²) in [6.45, 7) is 2.26. The van der Waals surface area contributed by atoms with Gasteiger partial charge >= 0.3 is 0 Å². The van der Waals surface area contributed by atoms with E-state index in [0.717, 1.165) is 48.2 Å². The summed E-state index contributed by atoms with van der Waals surface area (Å²) in [7, 11) is 0. The molecule has 4 heteroatoms. The first-order valence-electron chi connectivity index (χ1n) is 8.42. The van der Waals surface area contributed by atoms with Gasteiger partial charge in [0.2, 0.25) is 0 Å². The van der Waals surface area contributed by atoms with Crippen molar-refractivity contribution in [2.24, 2.45) is 0 Å². The number of carbonyl (C=O) groups excluding carboxylic acids is 1. The Kier molecular flexibility index (Phi) is 3.70. The second-order valence-corrected chi connectivity index (χ2v) is 6.42. The zero-order valence-corrected chi connectivity index (χ0v) is 13.5. The lowest BCUT2D eigenvalue weighted by Gasteiger charge is -2.24. The van der Waals surface area contributed by atoms with Crippen LogP contribution >= 0.6 is 0 Å². The number of rotatable bonds is 2. The normalized spacial score (nSPS) is 19.2. The molecule has 2 aliphatic heterocycles. The number of nitriles is 1. The molecule has 1 unspecified atom stereocenters. The fourth-order valence-electron chi connectivity index (χ4n) is 3.84. The first-order chi connectivity index (χ1) is 11.8. The number of hydrogen-bond donors (Lipinski definition) is 0. The molecular formula is C20H19N3O. The van der Waals surface area contributed by atoms with E-state index in [1.165, 1.54) is 0 Å². The van der Waals surface area contributed by atoms with E-state index in [1.807, 2.05) is 41.3 Å². The smallest absolute Gasteiger partial charge is 0.254 e. The molecule has 2 aromatic carbocycles. The molecule has 1 atom stereocenters. The molecule has 4 nitrogen and oxygen atoms in total. The molecule has 1 fully saturated rings. The van der Waals surface area contributed by atoms with Crippen LogP contribution in [-0.2, 0) is 6.54 Å². The molecule has 0 saturated carbocycles. The fourth-order valence-corrected chi connectivity index (χ4v) is 3.84. The van der Waals surface area contributed by atoms with Crippen molar-refractivity contribution in [1.82, 2.24) is 9.80 Å². The van der Waals surface area contributed by atoms with Crippen LogP contribution in [0.1, 0.15) is 45.9 Å². The van der Waals surface area contributed by atoms with Crippen molar-refractivity contribution in [3.05, 3.63) is 70.8 Å². The van der Waals surface area contributed by atoms with Gasteiger partial charge in [-0.3, -0.25) is 9.69 Å². The maximum atomic E-state index is 13.0. The standard InChI is InChI=1S/C20H19N3O/c21-14-23-13-15-7-1-2-8-16(15)19(23)17-9-3-4-10-18(17)20(24)22-11-5-6-12-22/h1-4,7-10,19H,5-6,11-13H2. The lowest BCUT2D eigenvalue weighted by molar-refractivity contribution is 0.0790. The Balaban J connectivity index is 1.79.